The van der Waals surface area contributed by atoms with Gasteiger partial charge in [-0.15, -0.1) is 0 Å². The lowest BCUT2D eigenvalue weighted by Crippen LogP contribution is -2.36. The summed E-state index contributed by atoms with van der Waals surface area (Å²) in [5, 5.41) is 0. The molecule has 0 aliphatic carbocycles. The van der Waals surface area contributed by atoms with Crippen molar-refractivity contribution in [3.05, 3.63) is 43.1 Å². The Bertz CT molecular complexity index is 612. The first kappa shape index (κ1) is 12.6. The zero-order valence-electron chi connectivity index (χ0n) is 9.43. The molecule has 0 atom stereocenters. The van der Waals surface area contributed by atoms with Gasteiger partial charge in [-0.3, -0.25) is 9.97 Å². The normalized spacial score (nSPS) is 11.4. The second-order valence-electron chi connectivity index (χ2n) is 3.68. The Morgan fingerprint density at radius 2 is 1.94 bits per heavy atom. The molecule has 0 radical (unpaired) electrons. The zero-order valence-corrected chi connectivity index (χ0v) is 10.2. The minimum Gasteiger partial charge on any atom is -0.748 e. The van der Waals surface area contributed by atoms with Gasteiger partial charge in [0.05, 0.1) is 17.6 Å². The van der Waals surface area contributed by atoms with Crippen molar-refractivity contribution in [1.82, 2.24) is 9.97 Å². The van der Waals surface area contributed by atoms with Gasteiger partial charge in [-0.25, -0.2) is 13.0 Å². The van der Waals surface area contributed by atoms with Gasteiger partial charge in [0, 0.05) is 30.1 Å². The fraction of sp³-hybridized carbons (Fsp3) is 0.182. The number of aromatic nitrogens is 3. The van der Waals surface area contributed by atoms with Crippen molar-refractivity contribution in [3.8, 4) is 11.3 Å². The maximum atomic E-state index is 10.5. The molecule has 2 heterocycles. The number of aryl methyl sites for hydroxylation is 1. The van der Waals surface area contributed by atoms with Crippen LogP contribution in [0.3, 0.4) is 0 Å². The first-order chi connectivity index (χ1) is 8.54. The fourth-order valence-corrected chi connectivity index (χ4v) is 1.88. The summed E-state index contributed by atoms with van der Waals surface area (Å²) in [5.41, 5.74) is 1.62. The third-order valence-corrected chi connectivity index (χ3v) is 3.03. The Balaban J connectivity index is 2.11. The third kappa shape index (κ3) is 3.57. The molecule has 0 N–H and O–H groups in total. The van der Waals surface area contributed by atoms with Crippen LogP contribution in [0.15, 0.2) is 43.1 Å². The molecule has 18 heavy (non-hydrogen) atoms. The highest BCUT2D eigenvalue weighted by atomic mass is 32.2. The Kier molecular flexibility index (Phi) is 3.63. The molecular formula is C11H11N3O3S. The van der Waals surface area contributed by atoms with E-state index in [-0.39, 0.29) is 6.54 Å². The Hall–Kier alpha value is -1.86. The van der Waals surface area contributed by atoms with Crippen LogP contribution in [0.5, 0.6) is 0 Å². The second-order valence-corrected chi connectivity index (χ2v) is 5.20. The van der Waals surface area contributed by atoms with E-state index >= 15 is 0 Å². The quantitative estimate of drug-likeness (QED) is 0.572. The van der Waals surface area contributed by atoms with Gasteiger partial charge in [0.25, 0.3) is 0 Å². The van der Waals surface area contributed by atoms with Gasteiger partial charge >= 0.3 is 0 Å². The predicted molar refractivity (Wildman–Crippen MR) is 62.2 cm³/mol. The van der Waals surface area contributed by atoms with E-state index in [1.165, 1.54) is 0 Å². The van der Waals surface area contributed by atoms with Gasteiger partial charge in [0.1, 0.15) is 10.1 Å². The van der Waals surface area contributed by atoms with Gasteiger partial charge < -0.3 is 4.55 Å². The van der Waals surface area contributed by atoms with Gasteiger partial charge in [-0.05, 0) is 0 Å². The van der Waals surface area contributed by atoms with E-state index < -0.39 is 15.9 Å². The van der Waals surface area contributed by atoms with Crippen LogP contribution in [0.25, 0.3) is 11.3 Å². The van der Waals surface area contributed by atoms with Crippen molar-refractivity contribution in [2.75, 3.05) is 5.75 Å². The molecular weight excluding hydrogens is 254 g/mol. The maximum Gasteiger partial charge on any atom is 0.169 e. The summed E-state index contributed by atoms with van der Waals surface area (Å²) in [6, 6.07) is 3.59. The van der Waals surface area contributed by atoms with Crippen LogP contribution in [0.2, 0.25) is 0 Å². The minimum atomic E-state index is -4.18. The zero-order chi connectivity index (χ0) is 13.0. The summed E-state index contributed by atoms with van der Waals surface area (Å²) in [4.78, 5) is 8.11. The fourth-order valence-electron chi connectivity index (χ4n) is 1.44. The van der Waals surface area contributed by atoms with Crippen LogP contribution in [0, 0.1) is 0 Å². The highest BCUT2D eigenvalue weighted by Gasteiger charge is 2.05. The summed E-state index contributed by atoms with van der Waals surface area (Å²) >= 11 is 0. The molecule has 0 aromatic carbocycles. The molecule has 0 aliphatic heterocycles. The molecule has 0 aliphatic rings. The molecule has 7 heteroatoms. The number of hydrogen-bond donors (Lipinski definition) is 0. The lowest BCUT2D eigenvalue weighted by atomic mass is 10.2. The van der Waals surface area contributed by atoms with E-state index in [2.05, 4.69) is 9.97 Å². The van der Waals surface area contributed by atoms with Gasteiger partial charge in [-0.1, -0.05) is 0 Å². The molecule has 0 spiro atoms. The van der Waals surface area contributed by atoms with Crippen LogP contribution in [0.4, 0.5) is 0 Å². The first-order valence-electron chi connectivity index (χ1n) is 5.24. The number of pyridine rings is 1. The SMILES string of the molecule is O=S(=O)([O-])CC[n+]1ccc(-c2cnccn2)cc1. The van der Waals surface area contributed by atoms with E-state index in [1.807, 2.05) is 0 Å². The van der Waals surface area contributed by atoms with Crippen LogP contribution >= 0.6 is 0 Å². The molecule has 0 unspecified atom stereocenters. The molecule has 0 bridgehead atoms. The average molecular weight is 265 g/mol. The van der Waals surface area contributed by atoms with E-state index in [9.17, 15) is 13.0 Å². The molecule has 94 valence electrons. The van der Waals surface area contributed by atoms with E-state index in [0.717, 1.165) is 11.3 Å². The van der Waals surface area contributed by atoms with E-state index in [4.69, 9.17) is 0 Å². The van der Waals surface area contributed by atoms with E-state index in [1.54, 1.807) is 47.7 Å². The first-order valence-corrected chi connectivity index (χ1v) is 6.81. The topological polar surface area (TPSA) is 86.9 Å². The van der Waals surface area contributed by atoms with Gasteiger partial charge in [-0.2, -0.15) is 0 Å². The molecule has 2 aromatic rings. The number of nitrogens with zero attached hydrogens (tertiary/aromatic N) is 3. The summed E-state index contributed by atoms with van der Waals surface area (Å²) in [6.45, 7) is 0.145. The van der Waals surface area contributed by atoms with Gasteiger partial charge in [0.15, 0.2) is 18.9 Å². The molecule has 6 nitrogen and oxygen atoms in total. The smallest absolute Gasteiger partial charge is 0.169 e. The molecule has 2 rings (SSSR count). The largest absolute Gasteiger partial charge is 0.748 e. The Morgan fingerprint density at radius 3 is 2.50 bits per heavy atom. The number of rotatable bonds is 4. The van der Waals surface area contributed by atoms with Crippen molar-refractivity contribution in [2.24, 2.45) is 0 Å². The van der Waals surface area contributed by atoms with Crippen molar-refractivity contribution in [3.63, 3.8) is 0 Å². The lowest BCUT2D eigenvalue weighted by molar-refractivity contribution is -0.692. The average Bonchev–Trinajstić information content (AvgIpc) is 2.37. The summed E-state index contributed by atoms with van der Waals surface area (Å²) in [5.74, 6) is -0.415. The lowest BCUT2D eigenvalue weighted by Gasteiger charge is -2.03. The molecule has 2 aromatic heterocycles. The van der Waals surface area contributed by atoms with Crippen molar-refractivity contribution in [2.45, 2.75) is 6.54 Å². The highest BCUT2D eigenvalue weighted by Crippen LogP contribution is 2.12. The van der Waals surface area contributed by atoms with Gasteiger partial charge in [0.2, 0.25) is 0 Å². The molecule has 0 saturated heterocycles. The van der Waals surface area contributed by atoms with Crippen LogP contribution in [-0.2, 0) is 16.7 Å². The Labute approximate surface area is 105 Å². The Morgan fingerprint density at radius 1 is 1.22 bits per heavy atom. The van der Waals surface area contributed by atoms with Crippen molar-refractivity contribution in [1.29, 1.82) is 0 Å². The standard InChI is InChI=1S/C11H11N3O3S/c15-18(16,17)8-7-14-5-1-10(2-6-14)11-9-12-3-4-13-11/h1-6,9H,7-8H2. The summed E-state index contributed by atoms with van der Waals surface area (Å²) in [7, 11) is -4.18. The van der Waals surface area contributed by atoms with Crippen molar-refractivity contribution < 1.29 is 17.5 Å². The minimum absolute atomic E-state index is 0.145. The third-order valence-electron chi connectivity index (χ3n) is 2.35. The van der Waals surface area contributed by atoms with Crippen LogP contribution in [-0.4, -0.2) is 28.7 Å². The summed E-state index contributed by atoms with van der Waals surface area (Å²) < 4.78 is 33.2. The molecule has 0 saturated carbocycles. The highest BCUT2D eigenvalue weighted by molar-refractivity contribution is 7.85. The monoisotopic (exact) mass is 265 g/mol. The van der Waals surface area contributed by atoms with Crippen LogP contribution in [0.1, 0.15) is 0 Å². The molecule has 0 fully saturated rings. The number of hydrogen-bond acceptors (Lipinski definition) is 5. The summed E-state index contributed by atoms with van der Waals surface area (Å²) in [6.07, 6.45) is 8.23. The molecule has 0 amide bonds. The second kappa shape index (κ2) is 5.19. The van der Waals surface area contributed by atoms with Crippen molar-refractivity contribution >= 4 is 10.1 Å². The maximum absolute atomic E-state index is 10.5. The van der Waals surface area contributed by atoms with Crippen LogP contribution < -0.4 is 4.57 Å². The predicted octanol–water partition coefficient (Wildman–Crippen LogP) is -0.0237. The van der Waals surface area contributed by atoms with E-state index in [0.29, 0.717) is 0 Å².